The summed E-state index contributed by atoms with van der Waals surface area (Å²) >= 11 is 15.4. The second kappa shape index (κ2) is 6.28. The van der Waals surface area contributed by atoms with Crippen molar-refractivity contribution < 1.29 is 9.47 Å². The fraction of sp³-hybridized carbons (Fsp3) is 0.500. The maximum absolute atomic E-state index is 6.08. The lowest BCUT2D eigenvalue weighted by atomic mass is 10.2. The van der Waals surface area contributed by atoms with Crippen LogP contribution in [0.5, 0.6) is 5.75 Å². The summed E-state index contributed by atoms with van der Waals surface area (Å²) in [6.07, 6.45) is 2.54. The highest BCUT2D eigenvalue weighted by Gasteiger charge is 2.21. The smallest absolute Gasteiger partial charge is 0.189 e. The molecule has 0 heterocycles. The fourth-order valence-electron chi connectivity index (χ4n) is 1.47. The van der Waals surface area contributed by atoms with Gasteiger partial charge in [-0.1, -0.05) is 39.1 Å². The highest BCUT2D eigenvalue weighted by Crippen LogP contribution is 2.34. The molecule has 2 nitrogen and oxygen atoms in total. The molecule has 0 saturated heterocycles. The SMILES string of the molecule is Clc1cc(Cl)c(OCOCC2CC2)c(CBr)c1. The van der Waals surface area contributed by atoms with Gasteiger partial charge in [-0.15, -0.1) is 0 Å². The van der Waals surface area contributed by atoms with E-state index in [0.717, 1.165) is 18.1 Å². The van der Waals surface area contributed by atoms with Crippen molar-refractivity contribution in [3.63, 3.8) is 0 Å². The van der Waals surface area contributed by atoms with Crippen molar-refractivity contribution in [3.8, 4) is 5.75 Å². The van der Waals surface area contributed by atoms with Gasteiger partial charge in [0, 0.05) is 15.9 Å². The predicted octanol–water partition coefficient (Wildman–Crippen LogP) is 4.65. The van der Waals surface area contributed by atoms with Crippen LogP contribution in [-0.2, 0) is 10.1 Å². The summed E-state index contributed by atoms with van der Waals surface area (Å²) in [4.78, 5) is 0. The minimum atomic E-state index is 0.234. The second-order valence-electron chi connectivity index (χ2n) is 4.09. The zero-order valence-electron chi connectivity index (χ0n) is 9.22. The molecule has 0 aromatic heterocycles. The highest BCUT2D eigenvalue weighted by molar-refractivity contribution is 9.08. The number of benzene rings is 1. The lowest BCUT2D eigenvalue weighted by Crippen LogP contribution is -2.06. The van der Waals surface area contributed by atoms with Crippen molar-refractivity contribution >= 4 is 39.1 Å². The van der Waals surface area contributed by atoms with Gasteiger partial charge in [-0.25, -0.2) is 0 Å². The van der Waals surface area contributed by atoms with Crippen molar-refractivity contribution in [2.75, 3.05) is 13.4 Å². The highest BCUT2D eigenvalue weighted by atomic mass is 79.9. The standard InChI is InChI=1S/C12H13BrCl2O2/c13-5-9-3-10(14)4-11(15)12(9)17-7-16-6-8-1-2-8/h3-4,8H,1-2,5-7H2. The van der Waals surface area contributed by atoms with Gasteiger partial charge < -0.3 is 9.47 Å². The molecule has 0 unspecified atom stereocenters. The van der Waals surface area contributed by atoms with Crippen LogP contribution in [0.4, 0.5) is 0 Å². The van der Waals surface area contributed by atoms with E-state index in [1.807, 2.05) is 6.07 Å². The van der Waals surface area contributed by atoms with Crippen LogP contribution in [0, 0.1) is 5.92 Å². The molecule has 17 heavy (non-hydrogen) atoms. The molecule has 1 saturated carbocycles. The van der Waals surface area contributed by atoms with Gasteiger partial charge in [-0.3, -0.25) is 0 Å². The third-order valence-electron chi connectivity index (χ3n) is 2.57. The van der Waals surface area contributed by atoms with Crippen LogP contribution in [0.25, 0.3) is 0 Å². The maximum Gasteiger partial charge on any atom is 0.189 e. The first kappa shape index (κ1) is 13.5. The normalized spacial score (nSPS) is 15.0. The molecule has 0 radical (unpaired) electrons. The van der Waals surface area contributed by atoms with Crippen molar-refractivity contribution in [2.24, 2.45) is 5.92 Å². The first-order valence-corrected chi connectivity index (χ1v) is 7.33. The summed E-state index contributed by atoms with van der Waals surface area (Å²) in [6, 6.07) is 3.50. The Kier molecular flexibility index (Phi) is 4.97. The number of halogens is 3. The third kappa shape index (κ3) is 4.02. The fourth-order valence-corrected chi connectivity index (χ4v) is 2.48. The first-order chi connectivity index (χ1) is 8.20. The Morgan fingerprint density at radius 1 is 1.29 bits per heavy atom. The quantitative estimate of drug-likeness (QED) is 0.426. The molecule has 0 amide bonds. The molecule has 1 fully saturated rings. The molecule has 0 bridgehead atoms. The molecule has 0 N–H and O–H groups in total. The number of rotatable bonds is 6. The molecular weight excluding hydrogens is 327 g/mol. The van der Waals surface area contributed by atoms with Crippen LogP contribution in [0.15, 0.2) is 12.1 Å². The molecule has 0 aliphatic heterocycles. The number of hydrogen-bond acceptors (Lipinski definition) is 2. The van der Waals surface area contributed by atoms with Gasteiger partial charge in [0.1, 0.15) is 5.75 Å². The number of hydrogen-bond donors (Lipinski definition) is 0. The third-order valence-corrected chi connectivity index (χ3v) is 3.67. The van der Waals surface area contributed by atoms with E-state index in [-0.39, 0.29) is 6.79 Å². The van der Waals surface area contributed by atoms with Gasteiger partial charge in [0.25, 0.3) is 0 Å². The monoisotopic (exact) mass is 338 g/mol. The Bertz CT molecular complexity index is 394. The summed E-state index contributed by atoms with van der Waals surface area (Å²) < 4.78 is 11.0. The minimum absolute atomic E-state index is 0.234. The summed E-state index contributed by atoms with van der Waals surface area (Å²) in [6.45, 7) is 1.01. The van der Waals surface area contributed by atoms with Crippen LogP contribution >= 0.6 is 39.1 Å². The summed E-state index contributed by atoms with van der Waals surface area (Å²) in [5.74, 6) is 1.37. The molecular formula is C12H13BrCl2O2. The van der Waals surface area contributed by atoms with Crippen molar-refractivity contribution in [2.45, 2.75) is 18.2 Å². The van der Waals surface area contributed by atoms with E-state index >= 15 is 0 Å². The minimum Gasteiger partial charge on any atom is -0.466 e. The molecule has 94 valence electrons. The van der Waals surface area contributed by atoms with Crippen LogP contribution in [0.1, 0.15) is 18.4 Å². The average Bonchev–Trinajstić information content (AvgIpc) is 3.09. The largest absolute Gasteiger partial charge is 0.466 e. The topological polar surface area (TPSA) is 18.5 Å². The van der Waals surface area contributed by atoms with Gasteiger partial charge in [0.05, 0.1) is 11.6 Å². The second-order valence-corrected chi connectivity index (χ2v) is 5.49. The maximum atomic E-state index is 6.08. The zero-order chi connectivity index (χ0) is 12.3. The number of ether oxygens (including phenoxy) is 2. The Hall–Kier alpha value is 0.0400. The van der Waals surface area contributed by atoms with Crippen LogP contribution < -0.4 is 4.74 Å². The molecule has 0 atom stereocenters. The van der Waals surface area contributed by atoms with E-state index in [1.54, 1.807) is 6.07 Å². The van der Waals surface area contributed by atoms with Gasteiger partial charge in [-0.05, 0) is 30.9 Å². The summed E-state index contributed by atoms with van der Waals surface area (Å²) in [5, 5.41) is 1.77. The van der Waals surface area contributed by atoms with E-state index < -0.39 is 0 Å². The van der Waals surface area contributed by atoms with E-state index in [4.69, 9.17) is 32.7 Å². The van der Waals surface area contributed by atoms with Gasteiger partial charge in [-0.2, -0.15) is 0 Å². The molecule has 1 aromatic carbocycles. The average molecular weight is 340 g/mol. The molecule has 1 aliphatic carbocycles. The van der Waals surface area contributed by atoms with E-state index in [0.29, 0.717) is 21.1 Å². The lowest BCUT2D eigenvalue weighted by Gasteiger charge is -2.12. The van der Waals surface area contributed by atoms with E-state index in [2.05, 4.69) is 15.9 Å². The Morgan fingerprint density at radius 2 is 2.06 bits per heavy atom. The van der Waals surface area contributed by atoms with Gasteiger partial charge in [0.2, 0.25) is 0 Å². The Balaban J connectivity index is 1.92. The molecule has 0 spiro atoms. The summed E-state index contributed by atoms with van der Waals surface area (Å²) in [5.41, 5.74) is 0.928. The first-order valence-electron chi connectivity index (χ1n) is 5.45. The zero-order valence-corrected chi connectivity index (χ0v) is 12.3. The molecule has 2 rings (SSSR count). The number of alkyl halides is 1. The summed E-state index contributed by atoms with van der Waals surface area (Å²) in [7, 11) is 0. The Morgan fingerprint density at radius 3 is 2.71 bits per heavy atom. The van der Waals surface area contributed by atoms with E-state index in [9.17, 15) is 0 Å². The van der Waals surface area contributed by atoms with Crippen molar-refractivity contribution in [1.82, 2.24) is 0 Å². The van der Waals surface area contributed by atoms with Gasteiger partial charge >= 0.3 is 0 Å². The molecule has 5 heteroatoms. The van der Waals surface area contributed by atoms with Crippen LogP contribution in [0.3, 0.4) is 0 Å². The Labute approximate surface area is 119 Å². The lowest BCUT2D eigenvalue weighted by molar-refractivity contribution is 0.00964. The van der Waals surface area contributed by atoms with E-state index in [1.165, 1.54) is 12.8 Å². The van der Waals surface area contributed by atoms with Crippen molar-refractivity contribution in [1.29, 1.82) is 0 Å². The van der Waals surface area contributed by atoms with Crippen LogP contribution in [0.2, 0.25) is 10.0 Å². The van der Waals surface area contributed by atoms with Crippen LogP contribution in [-0.4, -0.2) is 13.4 Å². The predicted molar refractivity (Wildman–Crippen MR) is 73.3 cm³/mol. The van der Waals surface area contributed by atoms with Gasteiger partial charge in [0.15, 0.2) is 6.79 Å². The molecule has 1 aliphatic rings. The molecule has 1 aromatic rings. The van der Waals surface area contributed by atoms with Crippen molar-refractivity contribution in [3.05, 3.63) is 27.7 Å².